The van der Waals surface area contributed by atoms with Crippen LogP contribution in [0.2, 0.25) is 0 Å². The highest BCUT2D eigenvalue weighted by atomic mass is 16.7. The molecular formula is C5H10O4. The van der Waals surface area contributed by atoms with Gasteiger partial charge in [0.15, 0.2) is 0 Å². The van der Waals surface area contributed by atoms with Crippen molar-refractivity contribution in [2.75, 3.05) is 20.0 Å². The van der Waals surface area contributed by atoms with Crippen molar-refractivity contribution in [1.29, 1.82) is 0 Å². The van der Waals surface area contributed by atoms with E-state index in [0.29, 0.717) is 0 Å². The summed E-state index contributed by atoms with van der Waals surface area (Å²) in [5, 5.41) is 17.1. The van der Waals surface area contributed by atoms with Crippen molar-refractivity contribution in [2.45, 2.75) is 12.2 Å². The van der Waals surface area contributed by atoms with Crippen LogP contribution in [0.5, 0.6) is 0 Å². The molecule has 4 heteroatoms. The van der Waals surface area contributed by atoms with Gasteiger partial charge in [-0.2, -0.15) is 0 Å². The Kier molecular flexibility index (Phi) is 2.41. The summed E-state index contributed by atoms with van der Waals surface area (Å²) in [5.74, 6) is 0. The Labute approximate surface area is 53.0 Å². The molecule has 1 aliphatic rings. The number of aliphatic hydroxyl groups is 2. The first-order chi connectivity index (χ1) is 4.38. The molecule has 0 spiro atoms. The molecule has 1 saturated heterocycles. The molecule has 1 aliphatic heterocycles. The lowest BCUT2D eigenvalue weighted by atomic mass is 10.2. The van der Waals surface area contributed by atoms with Crippen LogP contribution in [0.25, 0.3) is 0 Å². The second-order valence-corrected chi connectivity index (χ2v) is 1.89. The van der Waals surface area contributed by atoms with Crippen molar-refractivity contribution in [3.05, 3.63) is 0 Å². The first-order valence-corrected chi connectivity index (χ1v) is 2.83. The molecule has 1 heterocycles. The lowest BCUT2D eigenvalue weighted by Crippen LogP contribution is -2.29. The molecule has 0 aromatic heterocycles. The summed E-state index contributed by atoms with van der Waals surface area (Å²) in [4.78, 5) is 0. The van der Waals surface area contributed by atoms with Crippen LogP contribution in [0.3, 0.4) is 0 Å². The predicted molar refractivity (Wildman–Crippen MR) is 28.8 cm³/mol. The smallest absolute Gasteiger partial charge is 0.147 e. The van der Waals surface area contributed by atoms with E-state index >= 15 is 0 Å². The fourth-order valence-electron chi connectivity index (χ4n) is 0.769. The van der Waals surface area contributed by atoms with E-state index in [1.165, 1.54) is 0 Å². The molecule has 0 aliphatic carbocycles. The maximum atomic E-state index is 8.55. The molecule has 0 saturated carbocycles. The van der Waals surface area contributed by atoms with Crippen LogP contribution in [0.4, 0.5) is 0 Å². The summed E-state index contributed by atoms with van der Waals surface area (Å²) in [7, 11) is 0. The molecular weight excluding hydrogens is 124 g/mol. The fraction of sp³-hybridized carbons (Fsp3) is 1.00. The third-order valence-corrected chi connectivity index (χ3v) is 1.34. The lowest BCUT2D eigenvalue weighted by molar-refractivity contribution is 0.0234. The van der Waals surface area contributed by atoms with Gasteiger partial charge in [0.2, 0.25) is 0 Å². The predicted octanol–water partition coefficient (Wildman–Crippen LogP) is -1.29. The molecule has 9 heavy (non-hydrogen) atoms. The first-order valence-electron chi connectivity index (χ1n) is 2.83. The highest BCUT2D eigenvalue weighted by Crippen LogP contribution is 2.10. The Morgan fingerprint density at radius 2 is 1.56 bits per heavy atom. The van der Waals surface area contributed by atoms with Crippen molar-refractivity contribution in [3.63, 3.8) is 0 Å². The second kappa shape index (κ2) is 3.12. The molecule has 0 aromatic rings. The molecule has 4 nitrogen and oxygen atoms in total. The molecule has 2 N–H and O–H groups in total. The molecule has 0 radical (unpaired) electrons. The third kappa shape index (κ3) is 1.40. The number of hydrogen-bond donors (Lipinski definition) is 2. The quantitative estimate of drug-likeness (QED) is 0.493. The Bertz CT molecular complexity index is 75.0. The van der Waals surface area contributed by atoms with Crippen molar-refractivity contribution in [1.82, 2.24) is 0 Å². The molecule has 0 aromatic carbocycles. The van der Waals surface area contributed by atoms with E-state index in [4.69, 9.17) is 19.7 Å². The normalized spacial score (nSPS) is 35.3. The third-order valence-electron chi connectivity index (χ3n) is 1.34. The summed E-state index contributed by atoms with van der Waals surface area (Å²) in [6.45, 7) is -0.00704. The molecule has 1 fully saturated rings. The van der Waals surface area contributed by atoms with Gasteiger partial charge >= 0.3 is 0 Å². The zero-order chi connectivity index (χ0) is 6.69. The average Bonchev–Trinajstić information content (AvgIpc) is 2.33. The van der Waals surface area contributed by atoms with Crippen LogP contribution < -0.4 is 0 Å². The summed E-state index contributed by atoms with van der Waals surface area (Å²) in [5.41, 5.74) is 0. The topological polar surface area (TPSA) is 58.9 Å². The minimum absolute atomic E-state index is 0.0920. The standard InChI is InChI=1S/C5H10O4/c6-1-4-5(2-7)9-3-8-4/h4-7H,1-3H2. The van der Waals surface area contributed by atoms with Crippen molar-refractivity contribution < 1.29 is 19.7 Å². The van der Waals surface area contributed by atoms with Crippen molar-refractivity contribution >= 4 is 0 Å². The maximum absolute atomic E-state index is 8.55. The SMILES string of the molecule is OCC1OCOC1CO. The summed E-state index contributed by atoms with van der Waals surface area (Å²) in [6.07, 6.45) is -0.676. The van der Waals surface area contributed by atoms with Crippen LogP contribution in [-0.4, -0.2) is 42.4 Å². The highest BCUT2D eigenvalue weighted by Gasteiger charge is 2.27. The van der Waals surface area contributed by atoms with E-state index in [9.17, 15) is 0 Å². The van der Waals surface area contributed by atoms with E-state index in [0.717, 1.165) is 0 Å². The monoisotopic (exact) mass is 134 g/mol. The van der Waals surface area contributed by atoms with Crippen LogP contribution in [0.1, 0.15) is 0 Å². The van der Waals surface area contributed by atoms with Crippen LogP contribution in [-0.2, 0) is 9.47 Å². The summed E-state index contributed by atoms with van der Waals surface area (Å²) in [6, 6.07) is 0. The number of rotatable bonds is 2. The van der Waals surface area contributed by atoms with Crippen LogP contribution in [0.15, 0.2) is 0 Å². The summed E-state index contributed by atoms with van der Waals surface area (Å²) < 4.78 is 9.75. The number of hydrogen-bond acceptors (Lipinski definition) is 4. The van der Waals surface area contributed by atoms with E-state index < -0.39 is 0 Å². The molecule has 54 valence electrons. The molecule has 0 amide bonds. The maximum Gasteiger partial charge on any atom is 0.147 e. The van der Waals surface area contributed by atoms with Gasteiger partial charge in [-0.05, 0) is 0 Å². The Balaban J connectivity index is 2.32. The van der Waals surface area contributed by atoms with Gasteiger partial charge in [-0.15, -0.1) is 0 Å². The van der Waals surface area contributed by atoms with Gasteiger partial charge in [-0.25, -0.2) is 0 Å². The van der Waals surface area contributed by atoms with Crippen LogP contribution >= 0.6 is 0 Å². The Morgan fingerprint density at radius 3 is 1.89 bits per heavy atom. The van der Waals surface area contributed by atoms with E-state index in [1.54, 1.807) is 0 Å². The van der Waals surface area contributed by atoms with Crippen LogP contribution in [0, 0.1) is 0 Å². The number of aliphatic hydroxyl groups excluding tert-OH is 2. The minimum Gasteiger partial charge on any atom is -0.394 e. The Hall–Kier alpha value is -0.160. The van der Waals surface area contributed by atoms with Crippen molar-refractivity contribution in [2.24, 2.45) is 0 Å². The average molecular weight is 134 g/mol. The highest BCUT2D eigenvalue weighted by molar-refractivity contribution is 4.71. The van der Waals surface area contributed by atoms with Gasteiger partial charge in [0.25, 0.3) is 0 Å². The molecule has 2 unspecified atom stereocenters. The minimum atomic E-state index is -0.338. The van der Waals surface area contributed by atoms with Gasteiger partial charge in [0, 0.05) is 0 Å². The lowest BCUT2D eigenvalue weighted by Gasteiger charge is -2.09. The second-order valence-electron chi connectivity index (χ2n) is 1.89. The largest absolute Gasteiger partial charge is 0.394 e. The molecule has 1 rings (SSSR count). The number of ether oxygens (including phenoxy) is 2. The van der Waals surface area contributed by atoms with E-state index in [2.05, 4.69) is 0 Å². The van der Waals surface area contributed by atoms with Crippen molar-refractivity contribution in [3.8, 4) is 0 Å². The van der Waals surface area contributed by atoms with Gasteiger partial charge in [-0.3, -0.25) is 0 Å². The Morgan fingerprint density at radius 1 is 1.11 bits per heavy atom. The zero-order valence-electron chi connectivity index (χ0n) is 4.99. The first kappa shape index (κ1) is 6.95. The van der Waals surface area contributed by atoms with E-state index in [-0.39, 0.29) is 32.2 Å². The van der Waals surface area contributed by atoms with Gasteiger partial charge in [-0.1, -0.05) is 0 Å². The van der Waals surface area contributed by atoms with Gasteiger partial charge < -0.3 is 19.7 Å². The van der Waals surface area contributed by atoms with E-state index in [1.807, 2.05) is 0 Å². The van der Waals surface area contributed by atoms with Gasteiger partial charge in [0.05, 0.1) is 13.2 Å². The fourth-order valence-corrected chi connectivity index (χ4v) is 0.769. The molecule has 0 bridgehead atoms. The zero-order valence-corrected chi connectivity index (χ0v) is 4.99. The summed E-state index contributed by atoms with van der Waals surface area (Å²) >= 11 is 0. The molecule has 2 atom stereocenters. The van der Waals surface area contributed by atoms with Gasteiger partial charge in [0.1, 0.15) is 19.0 Å².